The fraction of sp³-hybridized carbons (Fsp3) is 0.269. The number of amides is 1. The Balaban J connectivity index is 1.84. The maximum Gasteiger partial charge on any atom is 0.255 e. The van der Waals surface area contributed by atoms with Crippen molar-refractivity contribution < 1.29 is 23.7 Å². The van der Waals surface area contributed by atoms with Crippen LogP contribution in [0, 0.1) is 13.8 Å². The third kappa shape index (κ3) is 5.90. The number of carbonyl (C=O) groups excluding carboxylic acids is 1. The molecule has 0 unspecified atom stereocenters. The lowest BCUT2D eigenvalue weighted by molar-refractivity contribution is 0.102. The van der Waals surface area contributed by atoms with Gasteiger partial charge in [-0.3, -0.25) is 4.79 Å². The second-order valence-corrected chi connectivity index (χ2v) is 7.84. The summed E-state index contributed by atoms with van der Waals surface area (Å²) < 4.78 is 22.3. The minimum atomic E-state index is -0.312. The van der Waals surface area contributed by atoms with Crippen LogP contribution in [0.5, 0.6) is 23.0 Å². The maximum atomic E-state index is 13.0. The average molecular weight is 470 g/mol. The Kier molecular flexibility index (Phi) is 8.06. The molecule has 6 nitrogen and oxygen atoms in total. The van der Waals surface area contributed by atoms with E-state index in [4.69, 9.17) is 30.5 Å². The summed E-state index contributed by atoms with van der Waals surface area (Å²) in [4.78, 5) is 13.0. The summed E-state index contributed by atoms with van der Waals surface area (Å²) in [5, 5.41) is 3.25. The Morgan fingerprint density at radius 2 is 1.64 bits per heavy atom. The molecule has 0 aromatic heterocycles. The Hall–Kier alpha value is -3.38. The first-order chi connectivity index (χ1) is 15.9. The van der Waals surface area contributed by atoms with Crippen LogP contribution in [0.15, 0.2) is 48.5 Å². The van der Waals surface area contributed by atoms with Crippen LogP contribution in [0.3, 0.4) is 0 Å². The third-order valence-electron chi connectivity index (χ3n) is 5.22. The molecule has 0 heterocycles. The number of methoxy groups -OCH3 is 2. The van der Waals surface area contributed by atoms with Gasteiger partial charge < -0.3 is 24.3 Å². The monoisotopic (exact) mass is 469 g/mol. The molecule has 0 spiro atoms. The SMILES string of the molecule is CCOc1ccc(C(=O)Nc2cc(OC)c(Cl)cc2OC)cc1COc1ccc(C)c(C)c1. The summed E-state index contributed by atoms with van der Waals surface area (Å²) >= 11 is 6.16. The molecule has 174 valence electrons. The van der Waals surface area contributed by atoms with Gasteiger partial charge in [0.1, 0.15) is 29.6 Å². The van der Waals surface area contributed by atoms with Gasteiger partial charge in [0, 0.05) is 23.3 Å². The summed E-state index contributed by atoms with van der Waals surface area (Å²) in [6, 6.07) is 14.4. The van der Waals surface area contributed by atoms with Crippen LogP contribution in [-0.2, 0) is 6.61 Å². The molecule has 33 heavy (non-hydrogen) atoms. The lowest BCUT2D eigenvalue weighted by atomic mass is 10.1. The van der Waals surface area contributed by atoms with Crippen LogP contribution < -0.4 is 24.3 Å². The van der Waals surface area contributed by atoms with Crippen molar-refractivity contribution in [2.45, 2.75) is 27.4 Å². The number of ether oxygens (including phenoxy) is 4. The summed E-state index contributed by atoms with van der Waals surface area (Å²) in [5.41, 5.74) is 4.02. The quantitative estimate of drug-likeness (QED) is 0.404. The number of rotatable bonds is 9. The second-order valence-electron chi connectivity index (χ2n) is 7.43. The van der Waals surface area contributed by atoms with Crippen LogP contribution in [0.2, 0.25) is 5.02 Å². The van der Waals surface area contributed by atoms with E-state index < -0.39 is 0 Å². The van der Waals surface area contributed by atoms with Crippen LogP contribution in [0.25, 0.3) is 0 Å². The van der Waals surface area contributed by atoms with Crippen molar-refractivity contribution in [2.75, 3.05) is 26.1 Å². The summed E-state index contributed by atoms with van der Waals surface area (Å²) in [6.45, 7) is 6.77. The highest BCUT2D eigenvalue weighted by atomic mass is 35.5. The van der Waals surface area contributed by atoms with Crippen LogP contribution in [0.1, 0.15) is 34.0 Å². The van der Waals surface area contributed by atoms with Gasteiger partial charge in [-0.05, 0) is 62.2 Å². The Morgan fingerprint density at radius 1 is 0.879 bits per heavy atom. The molecule has 0 aliphatic heterocycles. The molecular weight excluding hydrogens is 442 g/mol. The molecule has 7 heteroatoms. The largest absolute Gasteiger partial charge is 0.495 e. The first-order valence-electron chi connectivity index (χ1n) is 10.5. The van der Waals surface area contributed by atoms with Crippen LogP contribution >= 0.6 is 11.6 Å². The van der Waals surface area contributed by atoms with Crippen molar-refractivity contribution in [3.8, 4) is 23.0 Å². The molecule has 0 atom stereocenters. The molecule has 3 rings (SSSR count). The first-order valence-corrected chi connectivity index (χ1v) is 10.9. The zero-order chi connectivity index (χ0) is 24.0. The Labute approximate surface area is 199 Å². The van der Waals surface area contributed by atoms with E-state index >= 15 is 0 Å². The van der Waals surface area contributed by atoms with Crippen molar-refractivity contribution in [1.29, 1.82) is 0 Å². The number of anilines is 1. The van der Waals surface area contributed by atoms with Gasteiger partial charge in [-0.15, -0.1) is 0 Å². The number of aryl methyl sites for hydroxylation is 2. The molecule has 0 bridgehead atoms. The van der Waals surface area contributed by atoms with E-state index in [0.717, 1.165) is 16.9 Å². The maximum absolute atomic E-state index is 13.0. The summed E-state index contributed by atoms with van der Waals surface area (Å²) in [5.74, 6) is 1.98. The molecular formula is C26H28ClNO5. The van der Waals surface area contributed by atoms with Crippen molar-refractivity contribution >= 4 is 23.2 Å². The number of halogens is 1. The zero-order valence-electron chi connectivity index (χ0n) is 19.5. The Morgan fingerprint density at radius 3 is 2.30 bits per heavy atom. The van der Waals surface area contributed by atoms with Crippen LogP contribution in [-0.4, -0.2) is 26.7 Å². The van der Waals surface area contributed by atoms with Crippen molar-refractivity contribution in [3.05, 3.63) is 75.8 Å². The molecule has 1 amide bonds. The normalized spacial score (nSPS) is 10.5. The predicted octanol–water partition coefficient (Wildman–Crippen LogP) is 6.20. The predicted molar refractivity (Wildman–Crippen MR) is 130 cm³/mol. The molecule has 0 aliphatic carbocycles. The lowest BCUT2D eigenvalue weighted by Crippen LogP contribution is -2.14. The highest BCUT2D eigenvalue weighted by molar-refractivity contribution is 6.32. The van der Waals surface area contributed by atoms with Gasteiger partial charge >= 0.3 is 0 Å². The standard InChI is InChI=1S/C26H28ClNO5/c1-6-32-23-10-8-18(12-19(23)15-33-20-9-7-16(2)17(3)11-20)26(29)28-22-14-24(30-4)21(27)13-25(22)31-5/h7-14H,6,15H2,1-5H3,(H,28,29). The first kappa shape index (κ1) is 24.3. The minimum absolute atomic E-state index is 0.261. The average Bonchev–Trinajstić information content (AvgIpc) is 2.81. The molecule has 0 saturated heterocycles. The van der Waals surface area contributed by atoms with Crippen molar-refractivity contribution in [3.63, 3.8) is 0 Å². The molecule has 1 N–H and O–H groups in total. The van der Waals surface area contributed by atoms with E-state index in [0.29, 0.717) is 40.1 Å². The number of hydrogen-bond acceptors (Lipinski definition) is 5. The fourth-order valence-electron chi connectivity index (χ4n) is 3.25. The fourth-order valence-corrected chi connectivity index (χ4v) is 3.48. The molecule has 0 fully saturated rings. The molecule has 3 aromatic carbocycles. The summed E-state index contributed by atoms with van der Waals surface area (Å²) in [6.07, 6.45) is 0. The smallest absolute Gasteiger partial charge is 0.255 e. The third-order valence-corrected chi connectivity index (χ3v) is 5.51. The number of carbonyl (C=O) groups is 1. The van der Waals surface area contributed by atoms with E-state index in [2.05, 4.69) is 12.2 Å². The van der Waals surface area contributed by atoms with Gasteiger partial charge in [0.15, 0.2) is 0 Å². The molecule has 3 aromatic rings. The van der Waals surface area contributed by atoms with E-state index in [9.17, 15) is 4.79 Å². The molecule has 0 radical (unpaired) electrons. The molecule has 0 aliphatic rings. The zero-order valence-corrected chi connectivity index (χ0v) is 20.2. The van der Waals surface area contributed by atoms with Gasteiger partial charge in [-0.2, -0.15) is 0 Å². The van der Waals surface area contributed by atoms with Gasteiger partial charge in [0.25, 0.3) is 5.91 Å². The number of hydrogen-bond donors (Lipinski definition) is 1. The van der Waals surface area contributed by atoms with Gasteiger partial charge in [-0.1, -0.05) is 17.7 Å². The number of nitrogens with one attached hydrogen (secondary N) is 1. The number of benzene rings is 3. The highest BCUT2D eigenvalue weighted by Crippen LogP contribution is 2.36. The van der Waals surface area contributed by atoms with Gasteiger partial charge in [-0.25, -0.2) is 0 Å². The van der Waals surface area contributed by atoms with E-state index in [-0.39, 0.29) is 12.5 Å². The highest BCUT2D eigenvalue weighted by Gasteiger charge is 2.16. The minimum Gasteiger partial charge on any atom is -0.495 e. The van der Waals surface area contributed by atoms with Crippen LogP contribution in [0.4, 0.5) is 5.69 Å². The van der Waals surface area contributed by atoms with Gasteiger partial charge in [0.2, 0.25) is 0 Å². The van der Waals surface area contributed by atoms with E-state index in [1.807, 2.05) is 32.0 Å². The summed E-state index contributed by atoms with van der Waals surface area (Å²) in [7, 11) is 3.01. The van der Waals surface area contributed by atoms with E-state index in [1.54, 1.807) is 30.3 Å². The van der Waals surface area contributed by atoms with E-state index in [1.165, 1.54) is 19.8 Å². The van der Waals surface area contributed by atoms with Crippen molar-refractivity contribution in [2.24, 2.45) is 0 Å². The second kappa shape index (κ2) is 11.0. The molecule has 0 saturated carbocycles. The Bertz CT molecular complexity index is 1150. The van der Waals surface area contributed by atoms with Crippen molar-refractivity contribution in [1.82, 2.24) is 0 Å². The lowest BCUT2D eigenvalue weighted by Gasteiger charge is -2.15. The van der Waals surface area contributed by atoms with Gasteiger partial charge in [0.05, 0.1) is 31.5 Å². The topological polar surface area (TPSA) is 66.0 Å².